The molecule has 158 valence electrons. The van der Waals surface area contributed by atoms with Gasteiger partial charge in [0.2, 0.25) is 10.0 Å². The maximum absolute atomic E-state index is 12.9. The number of para-hydroxylation sites is 1. The minimum atomic E-state index is -4.64. The Morgan fingerprint density at radius 3 is 2.40 bits per heavy atom. The van der Waals surface area contributed by atoms with E-state index in [-0.39, 0.29) is 37.8 Å². The molecule has 1 amide bonds. The molecule has 1 aliphatic heterocycles. The molecule has 1 fully saturated rings. The van der Waals surface area contributed by atoms with Crippen LogP contribution in [-0.2, 0) is 16.2 Å². The van der Waals surface area contributed by atoms with Crippen molar-refractivity contribution in [2.75, 3.05) is 26.2 Å². The molecule has 30 heavy (non-hydrogen) atoms. The molecule has 11 heteroatoms. The van der Waals surface area contributed by atoms with Crippen molar-refractivity contribution < 1.29 is 26.4 Å². The number of aromatic nitrogens is 2. The highest BCUT2D eigenvalue weighted by molar-refractivity contribution is 7.89. The Bertz CT molecular complexity index is 1200. The molecule has 1 aromatic heterocycles. The Morgan fingerprint density at radius 1 is 1.00 bits per heavy atom. The molecule has 0 radical (unpaired) electrons. The number of benzene rings is 2. The molecule has 0 spiro atoms. The van der Waals surface area contributed by atoms with Gasteiger partial charge in [-0.25, -0.2) is 8.42 Å². The van der Waals surface area contributed by atoms with Crippen LogP contribution in [0.2, 0.25) is 0 Å². The van der Waals surface area contributed by atoms with Crippen molar-refractivity contribution in [1.29, 1.82) is 0 Å². The Morgan fingerprint density at radius 2 is 1.70 bits per heavy atom. The van der Waals surface area contributed by atoms with Crippen molar-refractivity contribution in [3.8, 4) is 0 Å². The summed E-state index contributed by atoms with van der Waals surface area (Å²) in [5.74, 6) is -0.330. The zero-order chi connectivity index (χ0) is 21.5. The average molecular weight is 438 g/mol. The predicted molar refractivity (Wildman–Crippen MR) is 102 cm³/mol. The molecule has 2 aromatic carbocycles. The SMILES string of the molecule is O=C(c1n[nH]c2ccccc12)N1CCN(S(=O)(=O)c2cccc(C(F)(F)F)c2)CC1. The number of halogens is 3. The first-order valence-corrected chi connectivity index (χ1v) is 10.5. The summed E-state index contributed by atoms with van der Waals surface area (Å²) < 4.78 is 65.4. The molecule has 1 N–H and O–H groups in total. The number of H-pyrrole nitrogens is 1. The van der Waals surface area contributed by atoms with Gasteiger partial charge in [-0.15, -0.1) is 0 Å². The summed E-state index contributed by atoms with van der Waals surface area (Å²) in [6.45, 7) is 0.176. The summed E-state index contributed by atoms with van der Waals surface area (Å²) in [6.07, 6.45) is -4.64. The van der Waals surface area contributed by atoms with Crippen LogP contribution in [0, 0.1) is 0 Å². The number of hydrogen-bond acceptors (Lipinski definition) is 4. The lowest BCUT2D eigenvalue weighted by molar-refractivity contribution is -0.137. The van der Waals surface area contributed by atoms with Gasteiger partial charge >= 0.3 is 6.18 Å². The lowest BCUT2D eigenvalue weighted by Crippen LogP contribution is -2.50. The van der Waals surface area contributed by atoms with Crippen LogP contribution in [0.15, 0.2) is 53.4 Å². The van der Waals surface area contributed by atoms with Crippen molar-refractivity contribution in [2.45, 2.75) is 11.1 Å². The minimum Gasteiger partial charge on any atom is -0.335 e. The number of nitrogens with one attached hydrogen (secondary N) is 1. The molecule has 3 aromatic rings. The number of nitrogens with zero attached hydrogens (tertiary/aromatic N) is 3. The molecule has 1 aliphatic rings. The van der Waals surface area contributed by atoms with Crippen LogP contribution in [0.25, 0.3) is 10.9 Å². The van der Waals surface area contributed by atoms with E-state index in [0.29, 0.717) is 17.0 Å². The van der Waals surface area contributed by atoms with Gasteiger partial charge in [0.25, 0.3) is 5.91 Å². The average Bonchev–Trinajstić information content (AvgIpc) is 3.17. The van der Waals surface area contributed by atoms with Crippen LogP contribution < -0.4 is 0 Å². The number of hydrogen-bond donors (Lipinski definition) is 1. The van der Waals surface area contributed by atoms with Crippen LogP contribution in [0.1, 0.15) is 16.1 Å². The number of rotatable bonds is 3. The summed E-state index contributed by atoms with van der Waals surface area (Å²) in [4.78, 5) is 13.9. The maximum Gasteiger partial charge on any atom is 0.416 e. The highest BCUT2D eigenvalue weighted by Crippen LogP contribution is 2.31. The zero-order valence-electron chi connectivity index (χ0n) is 15.6. The molecular formula is C19H17F3N4O3S. The van der Waals surface area contributed by atoms with Gasteiger partial charge in [-0.2, -0.15) is 22.6 Å². The number of piperazine rings is 1. The number of fused-ring (bicyclic) bond motifs is 1. The first-order chi connectivity index (χ1) is 14.2. The zero-order valence-corrected chi connectivity index (χ0v) is 16.4. The minimum absolute atomic E-state index is 0.0212. The molecule has 0 atom stereocenters. The van der Waals surface area contributed by atoms with Crippen molar-refractivity contribution >= 4 is 26.8 Å². The largest absolute Gasteiger partial charge is 0.416 e. The number of sulfonamides is 1. The van der Waals surface area contributed by atoms with E-state index >= 15 is 0 Å². The number of alkyl halides is 3. The van der Waals surface area contributed by atoms with Gasteiger partial charge in [0.05, 0.1) is 16.0 Å². The molecule has 0 aliphatic carbocycles. The first-order valence-electron chi connectivity index (χ1n) is 9.08. The van der Waals surface area contributed by atoms with Gasteiger partial charge in [-0.1, -0.05) is 24.3 Å². The lowest BCUT2D eigenvalue weighted by atomic mass is 10.2. The molecule has 0 bridgehead atoms. The third kappa shape index (κ3) is 3.65. The van der Waals surface area contributed by atoms with Gasteiger partial charge in [0, 0.05) is 31.6 Å². The monoisotopic (exact) mass is 438 g/mol. The highest BCUT2D eigenvalue weighted by atomic mass is 32.2. The van der Waals surface area contributed by atoms with Crippen LogP contribution in [0.4, 0.5) is 13.2 Å². The Labute approximate surface area is 170 Å². The molecule has 1 saturated heterocycles. The van der Waals surface area contributed by atoms with E-state index in [1.165, 1.54) is 4.90 Å². The van der Waals surface area contributed by atoms with Gasteiger partial charge in [0.15, 0.2) is 5.69 Å². The summed E-state index contributed by atoms with van der Waals surface area (Å²) in [5.41, 5.74) is -0.0609. The van der Waals surface area contributed by atoms with Gasteiger partial charge in [-0.3, -0.25) is 9.89 Å². The third-order valence-corrected chi connectivity index (χ3v) is 6.89. The summed E-state index contributed by atoms with van der Waals surface area (Å²) in [7, 11) is -4.11. The van der Waals surface area contributed by atoms with E-state index < -0.39 is 26.7 Å². The Balaban J connectivity index is 1.50. The molecular weight excluding hydrogens is 421 g/mol. The van der Waals surface area contributed by atoms with E-state index in [2.05, 4.69) is 10.2 Å². The fourth-order valence-corrected chi connectivity index (χ4v) is 4.86. The van der Waals surface area contributed by atoms with Crippen LogP contribution in [0.5, 0.6) is 0 Å². The van der Waals surface area contributed by atoms with Crippen LogP contribution in [-0.4, -0.2) is 59.9 Å². The van der Waals surface area contributed by atoms with E-state index in [1.54, 1.807) is 18.2 Å². The number of carbonyl (C=O) groups is 1. The Kier molecular flexibility index (Phi) is 5.02. The molecule has 4 rings (SSSR count). The normalized spacial score (nSPS) is 16.2. The second-order valence-corrected chi connectivity index (χ2v) is 8.78. The summed E-state index contributed by atoms with van der Waals surface area (Å²) in [6, 6.07) is 10.8. The number of carbonyl (C=O) groups excluding carboxylic acids is 1. The van der Waals surface area contributed by atoms with Crippen molar-refractivity contribution in [2.24, 2.45) is 0 Å². The summed E-state index contributed by atoms with van der Waals surface area (Å²) >= 11 is 0. The standard InChI is InChI=1S/C19H17F3N4O3S/c20-19(21,22)13-4-3-5-14(12-13)30(28,29)26-10-8-25(9-11-26)18(27)17-15-6-1-2-7-16(15)23-24-17/h1-7,12H,8-11H2,(H,23,24). The van der Waals surface area contributed by atoms with Crippen molar-refractivity contribution in [3.63, 3.8) is 0 Å². The molecule has 2 heterocycles. The van der Waals surface area contributed by atoms with Crippen molar-refractivity contribution in [1.82, 2.24) is 19.4 Å². The third-order valence-electron chi connectivity index (χ3n) is 5.00. The second-order valence-electron chi connectivity index (χ2n) is 6.84. The number of aromatic amines is 1. The van der Waals surface area contributed by atoms with Crippen molar-refractivity contribution in [3.05, 3.63) is 59.8 Å². The fraction of sp³-hybridized carbons (Fsp3) is 0.263. The van der Waals surface area contributed by atoms with E-state index in [4.69, 9.17) is 0 Å². The topological polar surface area (TPSA) is 86.4 Å². The maximum atomic E-state index is 12.9. The van der Waals surface area contributed by atoms with Crippen LogP contribution in [0.3, 0.4) is 0 Å². The smallest absolute Gasteiger partial charge is 0.335 e. The van der Waals surface area contributed by atoms with Gasteiger partial charge < -0.3 is 4.90 Å². The first kappa shape index (κ1) is 20.4. The predicted octanol–water partition coefficient (Wildman–Crippen LogP) is 2.73. The Hall–Kier alpha value is -2.92. The lowest BCUT2D eigenvalue weighted by Gasteiger charge is -2.33. The molecule has 0 unspecified atom stereocenters. The fourth-order valence-electron chi connectivity index (χ4n) is 3.39. The van der Waals surface area contributed by atoms with E-state index in [1.807, 2.05) is 6.07 Å². The van der Waals surface area contributed by atoms with Gasteiger partial charge in [-0.05, 0) is 24.3 Å². The molecule has 0 saturated carbocycles. The van der Waals surface area contributed by atoms with E-state index in [9.17, 15) is 26.4 Å². The van der Waals surface area contributed by atoms with Gasteiger partial charge in [0.1, 0.15) is 0 Å². The molecule has 7 nitrogen and oxygen atoms in total. The highest BCUT2D eigenvalue weighted by Gasteiger charge is 2.35. The van der Waals surface area contributed by atoms with E-state index in [0.717, 1.165) is 22.5 Å². The summed E-state index contributed by atoms with van der Waals surface area (Å²) in [5, 5.41) is 7.52. The van der Waals surface area contributed by atoms with Crippen LogP contribution >= 0.6 is 0 Å². The quantitative estimate of drug-likeness (QED) is 0.681. The number of amides is 1. The second kappa shape index (κ2) is 7.40.